The molecule has 6 aromatic carbocycles. The molecule has 0 aliphatic rings. The summed E-state index contributed by atoms with van der Waals surface area (Å²) in [5.74, 6) is -0.932. The largest absolute Gasteiger partial charge is 0.453 e. The van der Waals surface area contributed by atoms with E-state index >= 15 is 8.42 Å². The predicted octanol–water partition coefficient (Wildman–Crippen LogP) is 9.70. The van der Waals surface area contributed by atoms with Crippen LogP contribution in [0, 0.1) is 16.0 Å². The Morgan fingerprint density at radius 3 is 1.71 bits per heavy atom. The number of nitrogens with zero attached hydrogens (tertiary/aromatic N) is 2. The van der Waals surface area contributed by atoms with Crippen molar-refractivity contribution in [2.75, 3.05) is 25.6 Å². The van der Waals surface area contributed by atoms with E-state index in [0.29, 0.717) is 18.5 Å². The van der Waals surface area contributed by atoms with Crippen LogP contribution >= 0.6 is 0 Å². The van der Waals surface area contributed by atoms with Gasteiger partial charge in [-0.3, -0.25) is 14.9 Å². The maximum absolute atomic E-state index is 15.0. The number of nitrogens with one attached hydrogen (secondary N) is 2. The summed E-state index contributed by atoms with van der Waals surface area (Å²) < 4.78 is 44.1. The highest BCUT2D eigenvalue weighted by Gasteiger charge is 2.51. The van der Waals surface area contributed by atoms with Crippen LogP contribution in [0.3, 0.4) is 0 Å². The zero-order valence-corrected chi connectivity index (χ0v) is 41.4. The number of ether oxygens (including phenoxy) is 1. The van der Waals surface area contributed by atoms with Crippen molar-refractivity contribution in [3.63, 3.8) is 0 Å². The van der Waals surface area contributed by atoms with E-state index in [1.807, 2.05) is 129 Å². The second-order valence-corrected chi connectivity index (χ2v) is 24.5. The molecule has 2 amide bonds. The van der Waals surface area contributed by atoms with Gasteiger partial charge in [0.05, 0.1) is 23.5 Å². The molecule has 2 atom stereocenters. The minimum absolute atomic E-state index is 0.0209. The number of carbonyl (C=O) groups is 2. The number of nitro groups is 1. The molecular formula is C54H62N4O8SSi. The number of hydrogen-bond acceptors (Lipinski definition) is 8. The molecule has 14 heteroatoms. The summed E-state index contributed by atoms with van der Waals surface area (Å²) in [6.45, 7) is 10.7. The van der Waals surface area contributed by atoms with Crippen LogP contribution in [0.1, 0.15) is 70.1 Å². The minimum atomic E-state index is -4.27. The molecule has 12 nitrogen and oxygen atoms in total. The Morgan fingerprint density at radius 1 is 0.721 bits per heavy atom. The molecule has 0 heterocycles. The Balaban J connectivity index is 1.42. The lowest BCUT2D eigenvalue weighted by Crippen LogP contribution is -2.67. The maximum atomic E-state index is 15.0. The van der Waals surface area contributed by atoms with E-state index in [2.05, 4.69) is 55.7 Å². The van der Waals surface area contributed by atoms with Gasteiger partial charge in [-0.2, -0.15) is 4.31 Å². The van der Waals surface area contributed by atoms with E-state index in [0.717, 1.165) is 27.1 Å². The number of sulfonamides is 1. The summed E-state index contributed by atoms with van der Waals surface area (Å²) in [6.07, 6.45) is 0.354. The fourth-order valence-corrected chi connectivity index (χ4v) is 15.1. The van der Waals surface area contributed by atoms with Gasteiger partial charge >= 0.3 is 6.09 Å². The van der Waals surface area contributed by atoms with Crippen LogP contribution in [-0.2, 0) is 30.4 Å². The number of alkyl carbamates (subject to hydrolysis) is 1. The Morgan fingerprint density at radius 2 is 1.22 bits per heavy atom. The molecule has 2 N–H and O–H groups in total. The number of methoxy groups -OCH3 is 1. The molecule has 0 aliphatic heterocycles. The normalized spacial score (nSPS) is 13.0. The van der Waals surface area contributed by atoms with Gasteiger partial charge in [0.2, 0.25) is 15.9 Å². The van der Waals surface area contributed by atoms with Crippen LogP contribution in [0.5, 0.6) is 0 Å². The number of rotatable bonds is 21. The number of carbonyl (C=O) groups excluding carboxylic acids is 2. The second kappa shape index (κ2) is 23.0. The fourth-order valence-electron chi connectivity index (χ4n) is 8.83. The van der Waals surface area contributed by atoms with Crippen molar-refractivity contribution < 1.29 is 32.1 Å². The molecule has 0 unspecified atom stereocenters. The van der Waals surface area contributed by atoms with E-state index in [9.17, 15) is 19.7 Å². The summed E-state index contributed by atoms with van der Waals surface area (Å²) in [5, 5.41) is 19.2. The lowest BCUT2D eigenvalue weighted by atomic mass is 9.84. The molecule has 0 saturated carbocycles. The fraction of sp³-hybridized carbons (Fsp3) is 0.296. The first kappa shape index (κ1) is 50.9. The van der Waals surface area contributed by atoms with E-state index in [-0.39, 0.29) is 36.1 Å². The van der Waals surface area contributed by atoms with Gasteiger partial charge in [0.1, 0.15) is 6.04 Å². The van der Waals surface area contributed by atoms with Crippen molar-refractivity contribution in [3.8, 4) is 0 Å². The average Bonchev–Trinajstić information content (AvgIpc) is 3.34. The van der Waals surface area contributed by atoms with Gasteiger partial charge in [-0.05, 0) is 75.5 Å². The van der Waals surface area contributed by atoms with Gasteiger partial charge < -0.3 is 19.8 Å². The van der Waals surface area contributed by atoms with Gasteiger partial charge in [-0.25, -0.2) is 13.2 Å². The smallest absolute Gasteiger partial charge is 0.407 e. The van der Waals surface area contributed by atoms with Gasteiger partial charge in [-0.1, -0.05) is 174 Å². The van der Waals surface area contributed by atoms with Gasteiger partial charge in [-0.15, -0.1) is 0 Å². The third kappa shape index (κ3) is 12.2. The first-order chi connectivity index (χ1) is 32.6. The van der Waals surface area contributed by atoms with E-state index in [1.54, 1.807) is 6.07 Å². The first-order valence-electron chi connectivity index (χ1n) is 22.9. The molecule has 0 radical (unpaired) electrons. The molecule has 0 aliphatic carbocycles. The minimum Gasteiger partial charge on any atom is -0.453 e. The average molecular weight is 955 g/mol. The van der Waals surface area contributed by atoms with Crippen LogP contribution in [0.15, 0.2) is 175 Å². The molecule has 0 aromatic heterocycles. The lowest BCUT2D eigenvalue weighted by molar-refractivity contribution is -0.384. The summed E-state index contributed by atoms with van der Waals surface area (Å²) in [7, 11) is -6.21. The third-order valence-corrected chi connectivity index (χ3v) is 19.3. The number of non-ortho nitro benzene ring substituents is 1. The van der Waals surface area contributed by atoms with Crippen molar-refractivity contribution in [1.29, 1.82) is 0 Å². The summed E-state index contributed by atoms with van der Waals surface area (Å²) in [4.78, 5) is 38.7. The number of anilines is 1. The first-order valence-corrected chi connectivity index (χ1v) is 26.3. The molecule has 356 valence electrons. The number of nitro benzene ring substituents is 1. The highest BCUT2D eigenvalue weighted by Crippen LogP contribution is 2.38. The number of amides is 2. The molecule has 0 saturated heterocycles. The summed E-state index contributed by atoms with van der Waals surface area (Å²) in [5.41, 5.74) is 2.63. The standard InChI is InChI=1S/C54H62N4O8SSi/c1-40(2)37-38-57(67(63,64)46-35-33-44(34-36-46)58(61)62)45(39-66-68(54(3,4)5,47-26-15-9-16-27-47)48-28-17-10-18-29-48)32-31-41-21-19-20-30-49(41)55-52(59)51(56-53(60)65-6)50(42-22-11-7-12-23-42)43-24-13-8-14-25-43/h7-30,33-36,40,45,50-51H,31-32,37-39H2,1-6H3,(H,55,59)(H,56,60)/t45-,51-/m0/s1. The number of para-hydroxylation sites is 1. The monoisotopic (exact) mass is 954 g/mol. The van der Waals surface area contributed by atoms with Crippen molar-refractivity contribution in [2.45, 2.75) is 81.8 Å². The van der Waals surface area contributed by atoms with Crippen LogP contribution < -0.4 is 21.0 Å². The maximum Gasteiger partial charge on any atom is 0.407 e. The van der Waals surface area contributed by atoms with Crippen LogP contribution in [0.2, 0.25) is 5.04 Å². The Hall–Kier alpha value is -6.45. The zero-order valence-electron chi connectivity index (χ0n) is 39.6. The van der Waals surface area contributed by atoms with Crippen LogP contribution in [-0.4, -0.2) is 70.3 Å². The van der Waals surface area contributed by atoms with Gasteiger partial charge in [0, 0.05) is 36.3 Å². The van der Waals surface area contributed by atoms with E-state index < -0.39 is 58.3 Å². The van der Waals surface area contributed by atoms with Gasteiger partial charge in [0.25, 0.3) is 14.0 Å². The zero-order chi connectivity index (χ0) is 48.9. The molecule has 0 bridgehead atoms. The number of benzene rings is 6. The third-order valence-electron chi connectivity index (χ3n) is 12.3. The van der Waals surface area contributed by atoms with Crippen molar-refractivity contribution in [2.24, 2.45) is 5.92 Å². The molecular weight excluding hydrogens is 893 g/mol. The number of aryl methyl sites for hydroxylation is 1. The van der Waals surface area contributed by atoms with Crippen molar-refractivity contribution in [3.05, 3.63) is 197 Å². The topological polar surface area (TPSA) is 157 Å². The quantitative estimate of drug-likeness (QED) is 0.0410. The van der Waals surface area contributed by atoms with E-state index in [4.69, 9.17) is 9.16 Å². The van der Waals surface area contributed by atoms with Crippen molar-refractivity contribution >= 4 is 52.1 Å². The highest BCUT2D eigenvalue weighted by molar-refractivity contribution is 7.89. The molecule has 6 aromatic rings. The molecule has 0 fully saturated rings. The highest BCUT2D eigenvalue weighted by atomic mass is 32.2. The second-order valence-electron chi connectivity index (χ2n) is 18.3. The molecule has 6 rings (SSSR count). The summed E-state index contributed by atoms with van der Waals surface area (Å²) >= 11 is 0. The Labute approximate surface area is 402 Å². The Bertz CT molecular complexity index is 2610. The number of hydrogen-bond donors (Lipinski definition) is 2. The molecule has 68 heavy (non-hydrogen) atoms. The van der Waals surface area contributed by atoms with Crippen LogP contribution in [0.25, 0.3) is 0 Å². The SMILES string of the molecule is COC(=O)N[C@H](C(=O)Nc1ccccc1CC[C@@H](CO[Si](c1ccccc1)(c1ccccc1)C(C)(C)C)N(CCC(C)C)S(=O)(=O)c1ccc([N+](=O)[O-])cc1)C(c1ccccc1)c1ccccc1. The van der Waals surface area contributed by atoms with Gasteiger partial charge in [0.15, 0.2) is 0 Å². The Kier molecular flexibility index (Phi) is 17.3. The summed E-state index contributed by atoms with van der Waals surface area (Å²) in [6, 6.07) is 49.8. The van der Waals surface area contributed by atoms with Crippen molar-refractivity contribution in [1.82, 2.24) is 9.62 Å². The molecule has 0 spiro atoms. The van der Waals surface area contributed by atoms with E-state index in [1.165, 1.54) is 35.7 Å². The lowest BCUT2D eigenvalue weighted by Gasteiger charge is -2.44. The van der Waals surface area contributed by atoms with Crippen LogP contribution in [0.4, 0.5) is 16.2 Å². The predicted molar refractivity (Wildman–Crippen MR) is 271 cm³/mol.